The van der Waals surface area contributed by atoms with Gasteiger partial charge in [-0.1, -0.05) is 78.9 Å². The van der Waals surface area contributed by atoms with E-state index in [-0.39, 0.29) is 19.1 Å². The summed E-state index contributed by atoms with van der Waals surface area (Å²) in [6.45, 7) is 1.28. The molecule has 0 unspecified atom stereocenters. The number of fused-ring (bicyclic) bond motifs is 3. The normalized spacial score (nSPS) is 13.4. The first kappa shape index (κ1) is 26.4. The van der Waals surface area contributed by atoms with Gasteiger partial charge >= 0.3 is 18.0 Å². The molecular weight excluding hydrogens is 488 g/mol. The van der Waals surface area contributed by atoms with E-state index in [1.165, 1.54) is 6.92 Å². The number of alkyl carbamates (subject to hydrolysis) is 1. The van der Waals surface area contributed by atoms with Crippen LogP contribution in [0.25, 0.3) is 11.1 Å². The third kappa shape index (κ3) is 6.36. The van der Waals surface area contributed by atoms with Crippen molar-refractivity contribution in [2.75, 3.05) is 6.61 Å². The standard InChI is InChI=1S/C29H28N2O7/c1-18(28(34)35)30-27(33)25(15-26(32)37-16-19-9-3-2-4-10-19)31-29(36)38-17-24-22-13-7-5-11-20(22)21-12-6-8-14-23(21)24/h2-14,18,24-25H,15-17H2,1H3,(H,30,33)(H,31,36)(H,34,35)/t18-,25-/m0/s1. The first-order valence-electron chi connectivity index (χ1n) is 12.2. The molecule has 4 rings (SSSR count). The minimum Gasteiger partial charge on any atom is -0.480 e. The van der Waals surface area contributed by atoms with E-state index in [1.54, 1.807) is 24.3 Å². The van der Waals surface area contributed by atoms with Crippen LogP contribution in [0.4, 0.5) is 4.79 Å². The number of carbonyl (C=O) groups is 4. The summed E-state index contributed by atoms with van der Waals surface area (Å²) in [5.74, 6) is -3.03. The number of rotatable bonds is 10. The van der Waals surface area contributed by atoms with Gasteiger partial charge in [-0.3, -0.25) is 14.4 Å². The summed E-state index contributed by atoms with van der Waals surface area (Å²) in [5.41, 5.74) is 4.94. The molecule has 0 spiro atoms. The maximum absolute atomic E-state index is 12.7. The number of benzene rings is 3. The molecule has 0 saturated heterocycles. The Labute approximate surface area is 219 Å². The molecule has 3 N–H and O–H groups in total. The van der Waals surface area contributed by atoms with Crippen molar-refractivity contribution in [3.8, 4) is 11.1 Å². The molecule has 1 aliphatic rings. The van der Waals surface area contributed by atoms with E-state index in [1.807, 2.05) is 54.6 Å². The second-order valence-corrected chi connectivity index (χ2v) is 8.94. The molecule has 9 nitrogen and oxygen atoms in total. The van der Waals surface area contributed by atoms with Crippen LogP contribution in [0.2, 0.25) is 0 Å². The summed E-state index contributed by atoms with van der Waals surface area (Å²) >= 11 is 0. The number of carbonyl (C=O) groups excluding carboxylic acids is 3. The summed E-state index contributed by atoms with van der Waals surface area (Å²) in [7, 11) is 0. The SMILES string of the molecule is C[C@H](NC(=O)[C@H](CC(=O)OCc1ccccc1)NC(=O)OCC1c2ccccc2-c2ccccc21)C(=O)O. The first-order chi connectivity index (χ1) is 18.3. The van der Waals surface area contributed by atoms with Gasteiger partial charge in [-0.05, 0) is 34.7 Å². The predicted molar refractivity (Wildman–Crippen MR) is 138 cm³/mol. The van der Waals surface area contributed by atoms with Crippen LogP contribution < -0.4 is 10.6 Å². The van der Waals surface area contributed by atoms with Gasteiger partial charge < -0.3 is 25.2 Å². The van der Waals surface area contributed by atoms with Crippen molar-refractivity contribution in [3.05, 3.63) is 95.6 Å². The zero-order valence-corrected chi connectivity index (χ0v) is 20.8. The largest absolute Gasteiger partial charge is 0.480 e. The summed E-state index contributed by atoms with van der Waals surface area (Å²) in [4.78, 5) is 49.1. The molecule has 3 aromatic carbocycles. The van der Waals surface area contributed by atoms with Gasteiger partial charge in [0.1, 0.15) is 25.3 Å². The Morgan fingerprint density at radius 1 is 0.816 bits per heavy atom. The fraction of sp³-hybridized carbons (Fsp3) is 0.241. The second-order valence-electron chi connectivity index (χ2n) is 8.94. The fourth-order valence-electron chi connectivity index (χ4n) is 4.33. The average Bonchev–Trinajstić information content (AvgIpc) is 3.24. The van der Waals surface area contributed by atoms with Crippen molar-refractivity contribution < 1.29 is 33.8 Å². The molecule has 1 aliphatic carbocycles. The van der Waals surface area contributed by atoms with Gasteiger partial charge in [0.25, 0.3) is 0 Å². The third-order valence-corrected chi connectivity index (χ3v) is 6.29. The van der Waals surface area contributed by atoms with Crippen molar-refractivity contribution >= 4 is 23.9 Å². The highest BCUT2D eigenvalue weighted by Crippen LogP contribution is 2.44. The van der Waals surface area contributed by atoms with Crippen molar-refractivity contribution in [2.45, 2.75) is 38.0 Å². The lowest BCUT2D eigenvalue weighted by molar-refractivity contribution is -0.147. The predicted octanol–water partition coefficient (Wildman–Crippen LogP) is 3.62. The zero-order chi connectivity index (χ0) is 27.1. The van der Waals surface area contributed by atoms with E-state index in [0.717, 1.165) is 27.8 Å². The minimum atomic E-state index is -1.39. The number of ether oxygens (including phenoxy) is 2. The summed E-state index contributed by atoms with van der Waals surface area (Å²) in [5, 5.41) is 13.8. The maximum Gasteiger partial charge on any atom is 0.407 e. The number of nitrogens with one attached hydrogen (secondary N) is 2. The lowest BCUT2D eigenvalue weighted by Gasteiger charge is -2.20. The molecule has 196 valence electrons. The maximum atomic E-state index is 12.7. The zero-order valence-electron chi connectivity index (χ0n) is 20.8. The number of amides is 2. The van der Waals surface area contributed by atoms with Crippen LogP contribution in [0.1, 0.15) is 36.0 Å². The molecule has 0 radical (unpaired) electrons. The molecule has 0 aromatic heterocycles. The van der Waals surface area contributed by atoms with Gasteiger partial charge in [-0.15, -0.1) is 0 Å². The number of carboxylic acid groups (broad SMARTS) is 1. The van der Waals surface area contributed by atoms with Crippen molar-refractivity contribution in [1.29, 1.82) is 0 Å². The number of hydrogen-bond donors (Lipinski definition) is 3. The summed E-state index contributed by atoms with van der Waals surface area (Å²) < 4.78 is 10.7. The molecular formula is C29H28N2O7. The van der Waals surface area contributed by atoms with Gasteiger partial charge in [-0.2, -0.15) is 0 Å². The van der Waals surface area contributed by atoms with Crippen LogP contribution in [0.15, 0.2) is 78.9 Å². The lowest BCUT2D eigenvalue weighted by Crippen LogP contribution is -2.51. The smallest absolute Gasteiger partial charge is 0.407 e. The molecule has 2 amide bonds. The van der Waals surface area contributed by atoms with E-state index >= 15 is 0 Å². The van der Waals surface area contributed by atoms with Gasteiger partial charge in [0.2, 0.25) is 5.91 Å². The van der Waals surface area contributed by atoms with Crippen LogP contribution in [0.3, 0.4) is 0 Å². The van der Waals surface area contributed by atoms with Crippen molar-refractivity contribution in [2.24, 2.45) is 0 Å². The molecule has 0 fully saturated rings. The third-order valence-electron chi connectivity index (χ3n) is 6.29. The summed E-state index contributed by atoms with van der Waals surface area (Å²) in [6, 6.07) is 22.1. The topological polar surface area (TPSA) is 131 Å². The van der Waals surface area contributed by atoms with Crippen LogP contribution in [-0.4, -0.2) is 47.7 Å². The van der Waals surface area contributed by atoms with Crippen LogP contribution in [0.5, 0.6) is 0 Å². The molecule has 0 saturated carbocycles. The first-order valence-corrected chi connectivity index (χ1v) is 12.2. The highest BCUT2D eigenvalue weighted by molar-refractivity contribution is 5.92. The van der Waals surface area contributed by atoms with Crippen molar-refractivity contribution in [3.63, 3.8) is 0 Å². The fourth-order valence-corrected chi connectivity index (χ4v) is 4.33. The molecule has 3 aromatic rings. The van der Waals surface area contributed by atoms with Crippen molar-refractivity contribution in [1.82, 2.24) is 10.6 Å². The Hall–Kier alpha value is -4.66. The number of aliphatic carboxylic acids is 1. The van der Waals surface area contributed by atoms with E-state index in [9.17, 15) is 19.2 Å². The average molecular weight is 517 g/mol. The van der Waals surface area contributed by atoms with E-state index in [4.69, 9.17) is 14.6 Å². The quantitative estimate of drug-likeness (QED) is 0.351. The molecule has 0 bridgehead atoms. The molecule has 2 atom stereocenters. The van der Waals surface area contributed by atoms with Gasteiger partial charge in [0.15, 0.2) is 0 Å². The van der Waals surface area contributed by atoms with Gasteiger partial charge in [-0.25, -0.2) is 4.79 Å². The Balaban J connectivity index is 1.40. The van der Waals surface area contributed by atoms with Crippen LogP contribution in [0, 0.1) is 0 Å². The number of esters is 1. The highest BCUT2D eigenvalue weighted by atomic mass is 16.5. The van der Waals surface area contributed by atoms with E-state index < -0.39 is 42.4 Å². The van der Waals surface area contributed by atoms with Crippen LogP contribution >= 0.6 is 0 Å². The minimum absolute atomic E-state index is 0.00944. The Morgan fingerprint density at radius 2 is 1.39 bits per heavy atom. The van der Waals surface area contributed by atoms with Gasteiger partial charge in [0.05, 0.1) is 6.42 Å². The monoisotopic (exact) mass is 516 g/mol. The molecule has 38 heavy (non-hydrogen) atoms. The Morgan fingerprint density at radius 3 is 2.00 bits per heavy atom. The van der Waals surface area contributed by atoms with E-state index in [0.29, 0.717) is 0 Å². The lowest BCUT2D eigenvalue weighted by atomic mass is 9.98. The molecule has 0 aliphatic heterocycles. The highest BCUT2D eigenvalue weighted by Gasteiger charge is 2.31. The summed E-state index contributed by atoms with van der Waals surface area (Å²) in [6.07, 6.45) is -1.42. The van der Waals surface area contributed by atoms with Crippen LogP contribution in [-0.2, 0) is 30.5 Å². The molecule has 9 heteroatoms. The van der Waals surface area contributed by atoms with Gasteiger partial charge in [0, 0.05) is 5.92 Å². The molecule has 0 heterocycles. The second kappa shape index (κ2) is 12.1. The Bertz CT molecular complexity index is 1280. The Kier molecular flexibility index (Phi) is 8.37. The van der Waals surface area contributed by atoms with E-state index in [2.05, 4.69) is 10.6 Å². The number of carboxylic acids is 1. The number of hydrogen-bond acceptors (Lipinski definition) is 6.